The fraction of sp³-hybridized carbons (Fsp3) is 0.222. The Morgan fingerprint density at radius 2 is 2.17 bits per heavy atom. The zero-order chi connectivity index (χ0) is 16.5. The maximum atomic E-state index is 11.9. The van der Waals surface area contributed by atoms with Gasteiger partial charge in [-0.1, -0.05) is 12.0 Å². The van der Waals surface area contributed by atoms with Crippen molar-refractivity contribution < 1.29 is 14.3 Å². The molecule has 0 radical (unpaired) electrons. The van der Waals surface area contributed by atoms with Gasteiger partial charge in [0, 0.05) is 23.5 Å². The lowest BCUT2D eigenvalue weighted by atomic mass is 10.2. The number of rotatable bonds is 7. The van der Waals surface area contributed by atoms with Gasteiger partial charge in [0.1, 0.15) is 6.61 Å². The van der Waals surface area contributed by atoms with Crippen LogP contribution in [0.1, 0.15) is 22.8 Å². The van der Waals surface area contributed by atoms with Crippen LogP contribution >= 0.6 is 0 Å². The van der Waals surface area contributed by atoms with Crippen molar-refractivity contribution in [3.05, 3.63) is 53.9 Å². The van der Waals surface area contributed by atoms with E-state index in [4.69, 9.17) is 15.9 Å². The van der Waals surface area contributed by atoms with Crippen molar-refractivity contribution in [3.63, 3.8) is 0 Å². The summed E-state index contributed by atoms with van der Waals surface area (Å²) >= 11 is 0. The van der Waals surface area contributed by atoms with E-state index in [1.54, 1.807) is 30.6 Å². The van der Waals surface area contributed by atoms with Gasteiger partial charge in [0.05, 0.1) is 13.2 Å². The molecule has 5 nitrogen and oxygen atoms in total. The minimum absolute atomic E-state index is 0.183. The third kappa shape index (κ3) is 4.75. The lowest BCUT2D eigenvalue weighted by molar-refractivity contribution is 0.0958. The highest BCUT2D eigenvalue weighted by atomic mass is 16.5. The molecule has 0 unspecified atom stereocenters. The molecule has 1 aromatic carbocycles. The lowest BCUT2D eigenvalue weighted by Gasteiger charge is -2.13. The van der Waals surface area contributed by atoms with Gasteiger partial charge >= 0.3 is 0 Å². The van der Waals surface area contributed by atoms with Crippen LogP contribution in [-0.2, 0) is 6.61 Å². The fourth-order valence-corrected chi connectivity index (χ4v) is 1.91. The normalized spacial score (nSPS) is 9.74. The average molecular weight is 310 g/mol. The minimum Gasteiger partial charge on any atom is -0.490 e. The second-order valence-electron chi connectivity index (χ2n) is 4.63. The largest absolute Gasteiger partial charge is 0.490 e. The first-order valence-electron chi connectivity index (χ1n) is 7.24. The maximum absolute atomic E-state index is 11.9. The first-order chi connectivity index (χ1) is 11.2. The van der Waals surface area contributed by atoms with Crippen molar-refractivity contribution in [1.29, 1.82) is 0 Å². The van der Waals surface area contributed by atoms with E-state index in [2.05, 4.69) is 16.2 Å². The summed E-state index contributed by atoms with van der Waals surface area (Å²) in [4.78, 5) is 16.0. The van der Waals surface area contributed by atoms with Crippen molar-refractivity contribution >= 4 is 5.91 Å². The molecule has 0 spiro atoms. The molecule has 0 saturated carbocycles. The molecule has 0 bridgehead atoms. The second-order valence-corrected chi connectivity index (χ2v) is 4.63. The minimum atomic E-state index is -0.247. The van der Waals surface area contributed by atoms with Gasteiger partial charge in [-0.2, -0.15) is 0 Å². The van der Waals surface area contributed by atoms with Crippen LogP contribution in [0.2, 0.25) is 0 Å². The SMILES string of the molecule is C#CCNC(=O)c1ccc(OCc2cccnc2)c(OCC)c1. The van der Waals surface area contributed by atoms with Crippen LogP contribution in [0.15, 0.2) is 42.7 Å². The molecule has 0 aliphatic rings. The van der Waals surface area contributed by atoms with E-state index in [1.807, 2.05) is 19.1 Å². The van der Waals surface area contributed by atoms with E-state index >= 15 is 0 Å². The molecule has 118 valence electrons. The molecule has 1 heterocycles. The van der Waals surface area contributed by atoms with E-state index in [0.717, 1.165) is 5.56 Å². The Balaban J connectivity index is 2.12. The van der Waals surface area contributed by atoms with E-state index in [1.165, 1.54) is 0 Å². The van der Waals surface area contributed by atoms with E-state index < -0.39 is 0 Å². The van der Waals surface area contributed by atoms with Crippen molar-refractivity contribution in [2.24, 2.45) is 0 Å². The third-order valence-electron chi connectivity index (χ3n) is 2.97. The number of amides is 1. The van der Waals surface area contributed by atoms with Crippen molar-refractivity contribution in [3.8, 4) is 23.8 Å². The van der Waals surface area contributed by atoms with Crippen molar-refractivity contribution in [2.45, 2.75) is 13.5 Å². The quantitative estimate of drug-likeness (QED) is 0.798. The number of carbonyl (C=O) groups is 1. The summed E-state index contributed by atoms with van der Waals surface area (Å²) in [6.45, 7) is 2.90. The standard InChI is InChI=1S/C18H18N2O3/c1-3-9-20-18(21)15-7-8-16(17(11-15)22-4-2)23-13-14-6-5-10-19-12-14/h1,5-8,10-12H,4,9,13H2,2H3,(H,20,21). The van der Waals surface area contributed by atoms with Gasteiger partial charge in [-0.25, -0.2) is 0 Å². The molecule has 1 amide bonds. The Kier molecular flexibility index (Phi) is 6.01. The number of hydrogen-bond acceptors (Lipinski definition) is 4. The summed E-state index contributed by atoms with van der Waals surface area (Å²) in [6, 6.07) is 8.81. The van der Waals surface area contributed by atoms with Gasteiger partial charge in [-0.15, -0.1) is 6.42 Å². The van der Waals surface area contributed by atoms with Crippen LogP contribution in [0.5, 0.6) is 11.5 Å². The molecule has 0 atom stereocenters. The highest BCUT2D eigenvalue weighted by Crippen LogP contribution is 2.29. The summed E-state index contributed by atoms with van der Waals surface area (Å²) in [5.41, 5.74) is 1.42. The molecular formula is C18H18N2O3. The van der Waals surface area contributed by atoms with E-state index in [0.29, 0.717) is 30.3 Å². The van der Waals surface area contributed by atoms with E-state index in [-0.39, 0.29) is 12.5 Å². The Labute approximate surface area is 135 Å². The Bertz CT molecular complexity index is 693. The maximum Gasteiger partial charge on any atom is 0.252 e. The number of pyridine rings is 1. The lowest BCUT2D eigenvalue weighted by Crippen LogP contribution is -2.23. The predicted molar refractivity (Wildman–Crippen MR) is 87.3 cm³/mol. The highest BCUT2D eigenvalue weighted by molar-refractivity contribution is 5.95. The number of hydrogen-bond donors (Lipinski definition) is 1. The van der Waals surface area contributed by atoms with Crippen LogP contribution in [0.3, 0.4) is 0 Å². The summed E-state index contributed by atoms with van der Waals surface area (Å²) < 4.78 is 11.3. The number of ether oxygens (including phenoxy) is 2. The van der Waals surface area contributed by atoms with Gasteiger partial charge in [0.25, 0.3) is 5.91 Å². The first kappa shape index (κ1) is 16.4. The third-order valence-corrected chi connectivity index (χ3v) is 2.97. The molecule has 2 aromatic rings. The van der Waals surface area contributed by atoms with Crippen LogP contribution in [-0.4, -0.2) is 24.0 Å². The number of nitrogens with zero attached hydrogens (tertiary/aromatic N) is 1. The Morgan fingerprint density at radius 3 is 2.87 bits per heavy atom. The number of terminal acetylenes is 1. The average Bonchev–Trinajstić information content (AvgIpc) is 2.59. The second kappa shape index (κ2) is 8.44. The fourth-order valence-electron chi connectivity index (χ4n) is 1.91. The summed E-state index contributed by atoms with van der Waals surface area (Å²) in [7, 11) is 0. The number of benzene rings is 1. The summed E-state index contributed by atoms with van der Waals surface area (Å²) in [5, 5.41) is 2.62. The van der Waals surface area contributed by atoms with E-state index in [9.17, 15) is 4.79 Å². The molecule has 1 aromatic heterocycles. The zero-order valence-electron chi connectivity index (χ0n) is 12.9. The Hall–Kier alpha value is -3.00. The molecule has 1 N–H and O–H groups in total. The van der Waals surface area contributed by atoms with Gasteiger partial charge in [-0.3, -0.25) is 9.78 Å². The number of aromatic nitrogens is 1. The monoisotopic (exact) mass is 310 g/mol. The van der Waals surface area contributed by atoms with Crippen LogP contribution in [0.25, 0.3) is 0 Å². The number of carbonyl (C=O) groups excluding carboxylic acids is 1. The van der Waals surface area contributed by atoms with Crippen molar-refractivity contribution in [2.75, 3.05) is 13.2 Å². The molecular weight excluding hydrogens is 292 g/mol. The van der Waals surface area contributed by atoms with Crippen LogP contribution < -0.4 is 14.8 Å². The predicted octanol–water partition coefficient (Wildman–Crippen LogP) is 2.42. The van der Waals surface area contributed by atoms with Crippen LogP contribution in [0.4, 0.5) is 0 Å². The van der Waals surface area contributed by atoms with Gasteiger partial charge in [-0.05, 0) is 31.2 Å². The Morgan fingerprint density at radius 1 is 1.30 bits per heavy atom. The topological polar surface area (TPSA) is 60.5 Å². The van der Waals surface area contributed by atoms with Crippen LogP contribution in [0, 0.1) is 12.3 Å². The smallest absolute Gasteiger partial charge is 0.252 e. The molecule has 0 aliphatic heterocycles. The molecule has 2 rings (SSSR count). The van der Waals surface area contributed by atoms with Gasteiger partial charge in [0.2, 0.25) is 0 Å². The first-order valence-corrected chi connectivity index (χ1v) is 7.24. The van der Waals surface area contributed by atoms with Gasteiger partial charge < -0.3 is 14.8 Å². The molecule has 23 heavy (non-hydrogen) atoms. The summed E-state index contributed by atoms with van der Waals surface area (Å²) in [6.07, 6.45) is 8.58. The molecule has 0 fully saturated rings. The van der Waals surface area contributed by atoms with Crippen molar-refractivity contribution in [1.82, 2.24) is 10.3 Å². The molecule has 0 saturated heterocycles. The summed E-state index contributed by atoms with van der Waals surface area (Å²) in [5.74, 6) is 3.21. The molecule has 0 aliphatic carbocycles. The molecule has 5 heteroatoms. The zero-order valence-corrected chi connectivity index (χ0v) is 12.9. The number of nitrogens with one attached hydrogen (secondary N) is 1. The highest BCUT2D eigenvalue weighted by Gasteiger charge is 2.11. The van der Waals surface area contributed by atoms with Gasteiger partial charge in [0.15, 0.2) is 11.5 Å².